The van der Waals surface area contributed by atoms with Crippen molar-refractivity contribution < 1.29 is 4.79 Å². The summed E-state index contributed by atoms with van der Waals surface area (Å²) in [6.45, 7) is 0.423. The zero-order valence-corrected chi connectivity index (χ0v) is 13.2. The minimum Gasteiger partial charge on any atom is -0.361 e. The lowest BCUT2D eigenvalue weighted by molar-refractivity contribution is -0.120. The van der Waals surface area contributed by atoms with Gasteiger partial charge in [0.2, 0.25) is 5.91 Å². The van der Waals surface area contributed by atoms with Crippen LogP contribution in [0.25, 0.3) is 10.9 Å². The minimum atomic E-state index is -0.0456. The summed E-state index contributed by atoms with van der Waals surface area (Å²) in [5, 5.41) is 5.23. The summed E-state index contributed by atoms with van der Waals surface area (Å²) in [7, 11) is 0. The van der Waals surface area contributed by atoms with E-state index in [1.165, 1.54) is 0 Å². The maximum Gasteiger partial charge on any atom is 0.224 e. The van der Waals surface area contributed by atoms with Crippen LogP contribution in [0.4, 0.5) is 0 Å². The van der Waals surface area contributed by atoms with Crippen molar-refractivity contribution in [1.29, 1.82) is 0 Å². The van der Waals surface area contributed by atoms with Gasteiger partial charge in [-0.15, -0.1) is 0 Å². The Kier molecular flexibility index (Phi) is 4.36. The smallest absolute Gasteiger partial charge is 0.224 e. The van der Waals surface area contributed by atoms with Gasteiger partial charge in [0.25, 0.3) is 0 Å². The molecule has 3 aromatic rings. The molecule has 0 aliphatic carbocycles. The van der Waals surface area contributed by atoms with E-state index in [0.717, 1.165) is 22.0 Å². The van der Waals surface area contributed by atoms with Crippen LogP contribution in [0, 0.1) is 0 Å². The summed E-state index contributed by atoms with van der Waals surface area (Å²) in [4.78, 5) is 15.2. The average Bonchev–Trinajstić information content (AvgIpc) is 2.88. The van der Waals surface area contributed by atoms with Crippen LogP contribution in [-0.2, 0) is 17.8 Å². The number of H-pyrrole nitrogens is 1. The lowest BCUT2D eigenvalue weighted by atomic mass is 10.1. The molecule has 0 fully saturated rings. The maximum absolute atomic E-state index is 12.1. The zero-order chi connectivity index (χ0) is 15.5. The van der Waals surface area contributed by atoms with Crippen molar-refractivity contribution in [2.45, 2.75) is 13.0 Å². The number of aromatic amines is 1. The summed E-state index contributed by atoms with van der Waals surface area (Å²) in [5.74, 6) is -0.0456. The quantitative estimate of drug-likeness (QED) is 0.733. The van der Waals surface area contributed by atoms with Crippen LogP contribution >= 0.6 is 23.2 Å². The molecular formula is C17H14Cl2N2O. The van der Waals surface area contributed by atoms with Crippen molar-refractivity contribution in [2.75, 3.05) is 0 Å². The molecule has 0 aliphatic rings. The van der Waals surface area contributed by atoms with Crippen LogP contribution in [0.15, 0.2) is 48.7 Å². The molecule has 112 valence electrons. The fraction of sp³-hybridized carbons (Fsp3) is 0.118. The first-order valence-corrected chi connectivity index (χ1v) is 7.64. The summed E-state index contributed by atoms with van der Waals surface area (Å²) in [6.07, 6.45) is 2.15. The van der Waals surface area contributed by atoms with E-state index in [-0.39, 0.29) is 5.91 Å². The molecular weight excluding hydrogens is 319 g/mol. The van der Waals surface area contributed by atoms with Crippen LogP contribution in [0.2, 0.25) is 10.0 Å². The molecule has 1 heterocycles. The fourth-order valence-electron chi connectivity index (χ4n) is 2.38. The number of nitrogens with one attached hydrogen (secondary N) is 2. The van der Waals surface area contributed by atoms with E-state index in [0.29, 0.717) is 23.0 Å². The molecule has 22 heavy (non-hydrogen) atoms. The molecule has 0 saturated carbocycles. The highest BCUT2D eigenvalue weighted by Gasteiger charge is 2.09. The van der Waals surface area contributed by atoms with Crippen molar-refractivity contribution in [3.8, 4) is 0 Å². The highest BCUT2D eigenvalue weighted by atomic mass is 35.5. The number of aromatic nitrogens is 1. The Balaban J connectivity index is 1.67. The molecule has 0 unspecified atom stereocenters. The molecule has 3 nitrogen and oxygen atoms in total. The predicted octanol–water partition coefficient (Wildman–Crippen LogP) is 4.33. The monoisotopic (exact) mass is 332 g/mol. The van der Waals surface area contributed by atoms with E-state index in [4.69, 9.17) is 23.2 Å². The van der Waals surface area contributed by atoms with Crippen molar-refractivity contribution in [3.05, 3.63) is 69.8 Å². The van der Waals surface area contributed by atoms with Crippen molar-refractivity contribution in [2.24, 2.45) is 0 Å². The lowest BCUT2D eigenvalue weighted by Crippen LogP contribution is -2.24. The third-order valence-corrected chi connectivity index (χ3v) is 4.12. The molecule has 1 aromatic heterocycles. The predicted molar refractivity (Wildman–Crippen MR) is 90.3 cm³/mol. The van der Waals surface area contributed by atoms with Crippen molar-refractivity contribution in [3.63, 3.8) is 0 Å². The molecule has 1 amide bonds. The van der Waals surface area contributed by atoms with Gasteiger partial charge >= 0.3 is 0 Å². The second kappa shape index (κ2) is 6.42. The molecule has 0 atom stereocenters. The zero-order valence-electron chi connectivity index (χ0n) is 11.7. The molecule has 0 spiro atoms. The highest BCUT2D eigenvalue weighted by Crippen LogP contribution is 2.22. The number of fused-ring (bicyclic) bond motifs is 1. The van der Waals surface area contributed by atoms with E-state index in [1.54, 1.807) is 0 Å². The van der Waals surface area contributed by atoms with Crippen LogP contribution in [0.1, 0.15) is 11.1 Å². The first-order chi connectivity index (χ1) is 10.6. The van der Waals surface area contributed by atoms with Gasteiger partial charge in [0.15, 0.2) is 0 Å². The Bertz CT molecular complexity index is 826. The molecule has 2 aromatic carbocycles. The molecule has 0 aliphatic heterocycles. The minimum absolute atomic E-state index is 0.0456. The number of carbonyl (C=O) groups excluding carboxylic acids is 1. The van der Waals surface area contributed by atoms with Gasteiger partial charge in [-0.3, -0.25) is 4.79 Å². The summed E-state index contributed by atoms with van der Waals surface area (Å²) in [5.41, 5.74) is 2.79. The number of hydrogen-bond acceptors (Lipinski definition) is 1. The Hall–Kier alpha value is -1.97. The average molecular weight is 333 g/mol. The number of hydrogen-bond donors (Lipinski definition) is 2. The number of carbonyl (C=O) groups is 1. The standard InChI is InChI=1S/C17H14Cl2N2O/c18-13-5-6-14-12(10-20-16(14)8-13)7-17(22)21-9-11-3-1-2-4-15(11)19/h1-6,8,10,20H,7,9H2,(H,21,22). The van der Waals surface area contributed by atoms with Crippen LogP contribution in [0.3, 0.4) is 0 Å². The largest absolute Gasteiger partial charge is 0.361 e. The Morgan fingerprint density at radius 1 is 1.09 bits per heavy atom. The normalized spacial score (nSPS) is 10.8. The molecule has 3 rings (SSSR count). The van der Waals surface area contributed by atoms with E-state index >= 15 is 0 Å². The van der Waals surface area contributed by atoms with Crippen molar-refractivity contribution in [1.82, 2.24) is 10.3 Å². The second-order valence-electron chi connectivity index (χ2n) is 5.05. The maximum atomic E-state index is 12.1. The SMILES string of the molecule is O=C(Cc1c[nH]c2cc(Cl)ccc12)NCc1ccccc1Cl. The summed E-state index contributed by atoms with van der Waals surface area (Å²) < 4.78 is 0. The molecule has 0 radical (unpaired) electrons. The molecule has 2 N–H and O–H groups in total. The van der Waals surface area contributed by atoms with E-state index in [9.17, 15) is 4.79 Å². The van der Waals surface area contributed by atoms with Gasteiger partial charge in [-0.05, 0) is 29.3 Å². The van der Waals surface area contributed by atoms with Gasteiger partial charge in [0.05, 0.1) is 6.42 Å². The summed E-state index contributed by atoms with van der Waals surface area (Å²) in [6, 6.07) is 13.1. The second-order valence-corrected chi connectivity index (χ2v) is 5.89. The van der Waals surface area contributed by atoms with Gasteiger partial charge in [0, 0.05) is 33.7 Å². The van der Waals surface area contributed by atoms with Gasteiger partial charge in [-0.2, -0.15) is 0 Å². The Morgan fingerprint density at radius 3 is 2.73 bits per heavy atom. The van der Waals surface area contributed by atoms with Crippen LogP contribution < -0.4 is 5.32 Å². The van der Waals surface area contributed by atoms with Gasteiger partial charge in [-0.25, -0.2) is 0 Å². The van der Waals surface area contributed by atoms with Crippen molar-refractivity contribution >= 4 is 40.0 Å². The fourth-order valence-corrected chi connectivity index (χ4v) is 2.75. The molecule has 0 saturated heterocycles. The van der Waals surface area contributed by atoms with E-state index in [2.05, 4.69) is 10.3 Å². The van der Waals surface area contributed by atoms with Crippen LogP contribution in [-0.4, -0.2) is 10.9 Å². The van der Waals surface area contributed by atoms with E-state index < -0.39 is 0 Å². The number of halogens is 2. The lowest BCUT2D eigenvalue weighted by Gasteiger charge is -2.06. The summed E-state index contributed by atoms with van der Waals surface area (Å²) >= 11 is 12.0. The first kappa shape index (κ1) is 14.9. The van der Waals surface area contributed by atoms with Crippen LogP contribution in [0.5, 0.6) is 0 Å². The van der Waals surface area contributed by atoms with E-state index in [1.807, 2.05) is 48.7 Å². The third kappa shape index (κ3) is 3.26. The Labute approximate surface area is 138 Å². The van der Waals surface area contributed by atoms with Gasteiger partial charge in [0.1, 0.15) is 0 Å². The number of rotatable bonds is 4. The third-order valence-electron chi connectivity index (χ3n) is 3.51. The Morgan fingerprint density at radius 2 is 1.91 bits per heavy atom. The topological polar surface area (TPSA) is 44.9 Å². The first-order valence-electron chi connectivity index (χ1n) is 6.89. The molecule has 5 heteroatoms. The number of amides is 1. The highest BCUT2D eigenvalue weighted by molar-refractivity contribution is 6.31. The van der Waals surface area contributed by atoms with Gasteiger partial charge in [-0.1, -0.05) is 47.5 Å². The molecule has 0 bridgehead atoms. The van der Waals surface area contributed by atoms with Gasteiger partial charge < -0.3 is 10.3 Å². The number of benzene rings is 2.